The molecule has 0 radical (unpaired) electrons. The molecule has 0 saturated carbocycles. The van der Waals surface area contributed by atoms with Crippen molar-refractivity contribution in [3.8, 4) is 17.2 Å². The normalized spacial score (nSPS) is 11.5. The van der Waals surface area contributed by atoms with E-state index in [0.717, 1.165) is 22.9 Å². The molecule has 1 atom stereocenters. The Morgan fingerprint density at radius 2 is 1.45 bits per heavy atom. The number of methoxy groups -OCH3 is 2. The molecule has 0 aliphatic rings. The number of nitrogens with zero attached hydrogens (tertiary/aromatic N) is 3. The summed E-state index contributed by atoms with van der Waals surface area (Å²) < 4.78 is 12.5. The van der Waals surface area contributed by atoms with Crippen LogP contribution in [-0.4, -0.2) is 45.9 Å². The highest BCUT2D eigenvalue weighted by Gasteiger charge is 2.21. The topological polar surface area (TPSA) is 107 Å². The second-order valence-electron chi connectivity index (χ2n) is 8.40. The minimum atomic E-state index is -0.467. The Kier molecular flexibility index (Phi) is 8.65. The molecule has 1 unspecified atom stereocenters. The molecule has 0 aliphatic heterocycles. The van der Waals surface area contributed by atoms with Crippen molar-refractivity contribution in [2.75, 3.05) is 24.9 Å². The molecular weight excluding hydrogens is 502 g/mol. The summed E-state index contributed by atoms with van der Waals surface area (Å²) in [5, 5.41) is 15.2. The molecule has 38 heavy (non-hydrogen) atoms. The van der Waals surface area contributed by atoms with Gasteiger partial charge in [-0.2, -0.15) is 0 Å². The van der Waals surface area contributed by atoms with Gasteiger partial charge in [-0.1, -0.05) is 11.8 Å². The van der Waals surface area contributed by atoms with Gasteiger partial charge in [-0.3, -0.25) is 14.2 Å². The third-order valence-electron chi connectivity index (χ3n) is 5.78. The Balaban J connectivity index is 1.53. The van der Waals surface area contributed by atoms with Crippen LogP contribution in [0.1, 0.15) is 30.0 Å². The molecule has 0 fully saturated rings. The number of Topliss-reactive ketones (excluding diaryl/α,β-unsaturated/α-hetero) is 1. The number of rotatable bonds is 11. The van der Waals surface area contributed by atoms with Crippen LogP contribution in [0.25, 0.3) is 5.69 Å². The van der Waals surface area contributed by atoms with E-state index < -0.39 is 5.25 Å². The van der Waals surface area contributed by atoms with Crippen LogP contribution in [0.15, 0.2) is 78.0 Å². The third kappa shape index (κ3) is 6.51. The van der Waals surface area contributed by atoms with Crippen molar-refractivity contribution in [1.82, 2.24) is 14.8 Å². The largest absolute Gasteiger partial charge is 0.497 e. The zero-order valence-electron chi connectivity index (χ0n) is 21.6. The van der Waals surface area contributed by atoms with Gasteiger partial charge >= 0.3 is 0 Å². The lowest BCUT2D eigenvalue weighted by atomic mass is 10.1. The van der Waals surface area contributed by atoms with Crippen LogP contribution < -0.4 is 20.1 Å². The highest BCUT2D eigenvalue weighted by Crippen LogP contribution is 2.28. The lowest BCUT2D eigenvalue weighted by Gasteiger charge is -2.15. The van der Waals surface area contributed by atoms with E-state index in [4.69, 9.17) is 9.47 Å². The number of carbonyl (C=O) groups is 2. The van der Waals surface area contributed by atoms with E-state index >= 15 is 0 Å². The molecule has 0 aliphatic carbocycles. The maximum Gasteiger partial charge on any atom is 0.237 e. The van der Waals surface area contributed by atoms with Crippen LogP contribution >= 0.6 is 11.8 Å². The van der Waals surface area contributed by atoms with Crippen LogP contribution in [0.2, 0.25) is 0 Å². The minimum absolute atomic E-state index is 0.0260. The molecule has 9 nitrogen and oxygen atoms in total. The van der Waals surface area contributed by atoms with E-state index in [1.165, 1.54) is 18.7 Å². The quantitative estimate of drug-likeness (QED) is 0.200. The SMILES string of the molecule is COc1ccc(NCc2nnc(SC(C)C(=O)Nc3ccc(C(C)=O)cc3)n2-c2ccc(OC)cc2)cc1. The summed E-state index contributed by atoms with van der Waals surface area (Å²) in [5.41, 5.74) is 2.97. The molecule has 0 saturated heterocycles. The molecule has 196 valence electrons. The number of benzene rings is 3. The van der Waals surface area contributed by atoms with Crippen molar-refractivity contribution in [2.45, 2.75) is 30.8 Å². The molecule has 0 spiro atoms. The number of hydrogen-bond donors (Lipinski definition) is 2. The summed E-state index contributed by atoms with van der Waals surface area (Å²) >= 11 is 1.31. The smallest absolute Gasteiger partial charge is 0.237 e. The fourth-order valence-electron chi connectivity index (χ4n) is 3.62. The van der Waals surface area contributed by atoms with E-state index in [-0.39, 0.29) is 11.7 Å². The molecule has 1 heterocycles. The van der Waals surface area contributed by atoms with Crippen LogP contribution in [0.4, 0.5) is 11.4 Å². The minimum Gasteiger partial charge on any atom is -0.497 e. The number of hydrogen-bond acceptors (Lipinski definition) is 8. The first kappa shape index (κ1) is 26.7. The van der Waals surface area contributed by atoms with E-state index in [0.29, 0.717) is 28.8 Å². The average Bonchev–Trinajstić information content (AvgIpc) is 3.34. The molecule has 3 aromatic carbocycles. The van der Waals surface area contributed by atoms with Crippen molar-refractivity contribution >= 4 is 34.8 Å². The van der Waals surface area contributed by atoms with Gasteiger partial charge in [0.1, 0.15) is 11.5 Å². The number of carbonyl (C=O) groups excluding carboxylic acids is 2. The summed E-state index contributed by atoms with van der Waals surface area (Å²) in [6, 6.07) is 22.0. The third-order valence-corrected chi connectivity index (χ3v) is 6.82. The highest BCUT2D eigenvalue weighted by molar-refractivity contribution is 8.00. The van der Waals surface area contributed by atoms with Gasteiger partial charge in [0, 0.05) is 22.6 Å². The van der Waals surface area contributed by atoms with Gasteiger partial charge in [-0.25, -0.2) is 0 Å². The standard InChI is InChI=1S/C28H29N5O4S/c1-18(34)20-5-7-22(8-6-20)30-27(35)19(2)38-28-32-31-26(17-29-21-9-13-24(36-3)14-10-21)33(28)23-11-15-25(37-4)16-12-23/h5-16,19,29H,17H2,1-4H3,(H,30,35). The fraction of sp³-hybridized carbons (Fsp3) is 0.214. The van der Waals surface area contributed by atoms with Gasteiger partial charge in [-0.05, 0) is 86.6 Å². The number of ether oxygens (including phenoxy) is 2. The van der Waals surface area contributed by atoms with E-state index in [2.05, 4.69) is 20.8 Å². The molecule has 4 rings (SSSR count). The van der Waals surface area contributed by atoms with Gasteiger partial charge in [0.15, 0.2) is 16.8 Å². The summed E-state index contributed by atoms with van der Waals surface area (Å²) in [4.78, 5) is 24.4. The second kappa shape index (κ2) is 12.3. The van der Waals surface area contributed by atoms with Crippen molar-refractivity contribution in [3.05, 3.63) is 84.2 Å². The van der Waals surface area contributed by atoms with E-state index in [1.54, 1.807) is 38.5 Å². The second-order valence-corrected chi connectivity index (χ2v) is 9.71. The van der Waals surface area contributed by atoms with E-state index in [9.17, 15) is 9.59 Å². The van der Waals surface area contributed by atoms with Gasteiger partial charge < -0.3 is 20.1 Å². The first-order valence-corrected chi connectivity index (χ1v) is 12.8. The number of amides is 1. The number of anilines is 2. The number of nitrogens with one attached hydrogen (secondary N) is 2. The van der Waals surface area contributed by atoms with Crippen LogP contribution in [0.5, 0.6) is 11.5 Å². The summed E-state index contributed by atoms with van der Waals surface area (Å²) in [6.07, 6.45) is 0. The number of aromatic nitrogens is 3. The maximum absolute atomic E-state index is 12.9. The molecule has 0 bridgehead atoms. The molecule has 1 amide bonds. The summed E-state index contributed by atoms with van der Waals surface area (Å²) in [7, 11) is 3.25. The van der Waals surface area contributed by atoms with Crippen LogP contribution in [-0.2, 0) is 11.3 Å². The van der Waals surface area contributed by atoms with Crippen molar-refractivity contribution in [2.24, 2.45) is 0 Å². The molecular formula is C28H29N5O4S. The van der Waals surface area contributed by atoms with Crippen LogP contribution in [0.3, 0.4) is 0 Å². The Hall–Kier alpha value is -4.31. The molecule has 10 heteroatoms. The van der Waals surface area contributed by atoms with Crippen molar-refractivity contribution in [1.29, 1.82) is 0 Å². The Morgan fingerprint density at radius 3 is 2.03 bits per heavy atom. The van der Waals surface area contributed by atoms with Gasteiger partial charge in [0.2, 0.25) is 5.91 Å². The molecule has 4 aromatic rings. The first-order chi connectivity index (χ1) is 18.4. The van der Waals surface area contributed by atoms with Crippen LogP contribution in [0, 0.1) is 0 Å². The van der Waals surface area contributed by atoms with Crippen molar-refractivity contribution < 1.29 is 19.1 Å². The van der Waals surface area contributed by atoms with E-state index in [1.807, 2.05) is 60.0 Å². The highest BCUT2D eigenvalue weighted by atomic mass is 32.2. The average molecular weight is 532 g/mol. The summed E-state index contributed by atoms with van der Waals surface area (Å²) in [6.45, 7) is 3.73. The Labute approximate surface area is 225 Å². The predicted molar refractivity (Wildman–Crippen MR) is 149 cm³/mol. The molecule has 1 aromatic heterocycles. The lowest BCUT2D eigenvalue weighted by Crippen LogP contribution is -2.23. The van der Waals surface area contributed by atoms with Crippen molar-refractivity contribution in [3.63, 3.8) is 0 Å². The fourth-order valence-corrected chi connectivity index (χ4v) is 4.50. The van der Waals surface area contributed by atoms with Gasteiger partial charge in [0.25, 0.3) is 0 Å². The monoisotopic (exact) mass is 531 g/mol. The zero-order valence-corrected chi connectivity index (χ0v) is 22.4. The Bertz CT molecular complexity index is 1390. The number of thioether (sulfide) groups is 1. The van der Waals surface area contributed by atoms with Gasteiger partial charge in [-0.15, -0.1) is 10.2 Å². The maximum atomic E-state index is 12.9. The predicted octanol–water partition coefficient (Wildman–Crippen LogP) is 5.22. The lowest BCUT2D eigenvalue weighted by molar-refractivity contribution is -0.115. The Morgan fingerprint density at radius 1 is 0.868 bits per heavy atom. The summed E-state index contributed by atoms with van der Waals surface area (Å²) in [5.74, 6) is 1.98. The van der Waals surface area contributed by atoms with Gasteiger partial charge in [0.05, 0.1) is 26.0 Å². The zero-order chi connectivity index (χ0) is 27.1. The molecule has 2 N–H and O–H groups in total. The first-order valence-electron chi connectivity index (χ1n) is 11.9. The number of ketones is 1.